The number of carbonyl (C=O) groups excluding carboxylic acids is 2. The highest BCUT2D eigenvalue weighted by Crippen LogP contribution is 2.04. The summed E-state index contributed by atoms with van der Waals surface area (Å²) in [5.74, 6) is -2.94. The fraction of sp³-hybridized carbons (Fsp3) is 0.273. The lowest BCUT2D eigenvalue weighted by molar-refractivity contribution is -0.143. The minimum atomic E-state index is -1.41. The number of nitrogens with one attached hydrogen (secondary N) is 1. The number of halogens is 1. The lowest BCUT2D eigenvalue weighted by Crippen LogP contribution is -2.45. The van der Waals surface area contributed by atoms with E-state index in [0.717, 1.165) is 4.57 Å². The van der Waals surface area contributed by atoms with Crippen LogP contribution in [0, 0.1) is 0 Å². The van der Waals surface area contributed by atoms with Gasteiger partial charge in [-0.2, -0.15) is 0 Å². The third-order valence-electron chi connectivity index (χ3n) is 2.30. The number of aromatic nitrogens is 1. The molecule has 0 aliphatic heterocycles. The normalized spacial score (nSPS) is 11.7. The van der Waals surface area contributed by atoms with Gasteiger partial charge in [-0.1, -0.05) is 0 Å². The lowest BCUT2D eigenvalue weighted by atomic mass is 10.2. The van der Waals surface area contributed by atoms with Crippen molar-refractivity contribution < 1.29 is 19.5 Å². The molecule has 0 saturated heterocycles. The van der Waals surface area contributed by atoms with Gasteiger partial charge in [0.2, 0.25) is 11.8 Å². The molecule has 20 heavy (non-hydrogen) atoms. The second-order valence-electron chi connectivity index (χ2n) is 3.94. The largest absolute Gasteiger partial charge is 0.480 e. The Labute approximate surface area is 121 Å². The topological polar surface area (TPSA) is 131 Å². The Bertz CT molecular complexity index is 598. The van der Waals surface area contributed by atoms with Crippen LogP contribution in [0.2, 0.25) is 0 Å². The molecule has 0 aliphatic rings. The van der Waals surface area contributed by atoms with Crippen LogP contribution < -0.4 is 16.6 Å². The Hall–Kier alpha value is -2.16. The number of nitrogens with zero attached hydrogens (tertiary/aromatic N) is 1. The van der Waals surface area contributed by atoms with Crippen molar-refractivity contribution in [2.45, 2.75) is 19.0 Å². The minimum absolute atomic E-state index is 0.360. The maximum atomic E-state index is 11.7. The predicted octanol–water partition coefficient (Wildman–Crippen LogP) is -0.944. The van der Waals surface area contributed by atoms with Crippen molar-refractivity contribution in [2.24, 2.45) is 5.73 Å². The molecule has 1 aromatic heterocycles. The van der Waals surface area contributed by atoms with E-state index in [4.69, 9.17) is 10.8 Å². The number of primary amides is 1. The number of amides is 2. The van der Waals surface area contributed by atoms with Crippen molar-refractivity contribution in [1.82, 2.24) is 9.88 Å². The van der Waals surface area contributed by atoms with Gasteiger partial charge in [-0.3, -0.25) is 14.4 Å². The molecular weight excluding hydrogens is 334 g/mol. The van der Waals surface area contributed by atoms with E-state index in [2.05, 4.69) is 21.2 Å². The Morgan fingerprint density at radius 2 is 2.05 bits per heavy atom. The molecule has 0 aliphatic carbocycles. The van der Waals surface area contributed by atoms with Gasteiger partial charge in [-0.25, -0.2) is 4.79 Å². The summed E-state index contributed by atoms with van der Waals surface area (Å²) in [7, 11) is 0. The van der Waals surface area contributed by atoms with Gasteiger partial charge in [0.25, 0.3) is 5.56 Å². The predicted molar refractivity (Wildman–Crippen MR) is 71.8 cm³/mol. The van der Waals surface area contributed by atoms with Gasteiger partial charge >= 0.3 is 5.97 Å². The number of nitrogens with two attached hydrogens (primary N) is 1. The molecule has 1 aromatic rings. The molecule has 2 amide bonds. The average molecular weight is 346 g/mol. The fourth-order valence-electron chi connectivity index (χ4n) is 1.42. The first-order chi connectivity index (χ1) is 9.29. The Balaban J connectivity index is 2.75. The summed E-state index contributed by atoms with van der Waals surface area (Å²) in [6.07, 6.45) is 0.875. The van der Waals surface area contributed by atoms with Crippen molar-refractivity contribution >= 4 is 33.7 Å². The number of carbonyl (C=O) groups is 3. The third kappa shape index (κ3) is 4.84. The van der Waals surface area contributed by atoms with E-state index in [0.29, 0.717) is 4.47 Å². The SMILES string of the molecule is NC(=O)C[C@H](NC(=O)Cn1cc(Br)ccc1=O)C(=O)O. The number of hydrogen-bond acceptors (Lipinski definition) is 4. The van der Waals surface area contributed by atoms with Crippen molar-refractivity contribution in [2.75, 3.05) is 0 Å². The summed E-state index contributed by atoms with van der Waals surface area (Å²) < 4.78 is 1.69. The van der Waals surface area contributed by atoms with E-state index in [1.807, 2.05) is 0 Å². The molecule has 0 unspecified atom stereocenters. The van der Waals surface area contributed by atoms with Crippen LogP contribution in [0.5, 0.6) is 0 Å². The van der Waals surface area contributed by atoms with E-state index >= 15 is 0 Å². The highest BCUT2D eigenvalue weighted by atomic mass is 79.9. The lowest BCUT2D eigenvalue weighted by Gasteiger charge is -2.13. The third-order valence-corrected chi connectivity index (χ3v) is 2.77. The summed E-state index contributed by atoms with van der Waals surface area (Å²) in [6.45, 7) is -0.360. The van der Waals surface area contributed by atoms with Crippen molar-refractivity contribution in [3.63, 3.8) is 0 Å². The first kappa shape index (κ1) is 15.9. The number of rotatable bonds is 6. The standard InChI is InChI=1S/C11H12BrN3O5/c12-6-1-2-10(18)15(4-6)5-9(17)14-7(11(19)20)3-8(13)16/h1-2,4,7H,3,5H2,(H2,13,16)(H,14,17)(H,19,20)/t7-/m0/s1. The van der Waals surface area contributed by atoms with E-state index in [1.54, 1.807) is 0 Å². The van der Waals surface area contributed by atoms with Crippen LogP contribution in [0.25, 0.3) is 0 Å². The van der Waals surface area contributed by atoms with E-state index in [-0.39, 0.29) is 6.54 Å². The quantitative estimate of drug-likeness (QED) is 0.611. The Kier molecular flexibility index (Phi) is 5.44. The zero-order chi connectivity index (χ0) is 15.3. The van der Waals surface area contributed by atoms with Crippen LogP contribution in [0.1, 0.15) is 6.42 Å². The van der Waals surface area contributed by atoms with Crippen LogP contribution in [0.4, 0.5) is 0 Å². The van der Waals surface area contributed by atoms with E-state index in [9.17, 15) is 19.2 Å². The molecule has 8 nitrogen and oxygen atoms in total. The molecule has 9 heteroatoms. The van der Waals surface area contributed by atoms with E-state index < -0.39 is 35.8 Å². The number of aliphatic carboxylic acids is 1. The molecule has 0 bridgehead atoms. The second-order valence-corrected chi connectivity index (χ2v) is 4.86. The first-order valence-corrected chi connectivity index (χ1v) is 6.25. The zero-order valence-electron chi connectivity index (χ0n) is 10.2. The molecule has 0 spiro atoms. The van der Waals surface area contributed by atoms with Gasteiger partial charge in [-0.05, 0) is 22.0 Å². The van der Waals surface area contributed by atoms with Gasteiger partial charge in [0.1, 0.15) is 12.6 Å². The molecular formula is C11H12BrN3O5. The summed E-state index contributed by atoms with van der Waals surface area (Å²) in [4.78, 5) is 44.7. The molecule has 108 valence electrons. The molecule has 0 radical (unpaired) electrons. The van der Waals surface area contributed by atoms with Gasteiger partial charge in [0.15, 0.2) is 0 Å². The molecule has 4 N–H and O–H groups in total. The Morgan fingerprint density at radius 3 is 2.60 bits per heavy atom. The first-order valence-electron chi connectivity index (χ1n) is 5.46. The molecule has 0 fully saturated rings. The smallest absolute Gasteiger partial charge is 0.326 e. The maximum absolute atomic E-state index is 11.7. The van der Waals surface area contributed by atoms with Crippen LogP contribution in [0.15, 0.2) is 27.6 Å². The van der Waals surface area contributed by atoms with Gasteiger partial charge < -0.3 is 20.7 Å². The van der Waals surface area contributed by atoms with Crippen LogP contribution in [-0.2, 0) is 20.9 Å². The fourth-order valence-corrected chi connectivity index (χ4v) is 1.80. The van der Waals surface area contributed by atoms with Crippen LogP contribution in [0.3, 0.4) is 0 Å². The zero-order valence-corrected chi connectivity index (χ0v) is 11.8. The monoisotopic (exact) mass is 345 g/mol. The summed E-state index contributed by atoms with van der Waals surface area (Å²) in [6, 6.07) is 1.36. The highest BCUT2D eigenvalue weighted by Gasteiger charge is 2.22. The molecule has 1 atom stereocenters. The van der Waals surface area contributed by atoms with Gasteiger partial charge in [-0.15, -0.1) is 0 Å². The second kappa shape index (κ2) is 6.85. The van der Waals surface area contributed by atoms with E-state index in [1.165, 1.54) is 18.3 Å². The summed E-state index contributed by atoms with van der Waals surface area (Å²) in [5.41, 5.74) is 4.48. The van der Waals surface area contributed by atoms with Crippen LogP contribution in [-0.4, -0.2) is 33.5 Å². The number of pyridine rings is 1. The van der Waals surface area contributed by atoms with Crippen molar-refractivity contribution in [1.29, 1.82) is 0 Å². The van der Waals surface area contributed by atoms with Crippen molar-refractivity contribution in [3.8, 4) is 0 Å². The summed E-state index contributed by atoms with van der Waals surface area (Å²) in [5, 5.41) is 11.0. The van der Waals surface area contributed by atoms with Gasteiger partial charge in [0.05, 0.1) is 6.42 Å². The van der Waals surface area contributed by atoms with Gasteiger partial charge in [0, 0.05) is 16.7 Å². The number of hydrogen-bond donors (Lipinski definition) is 3. The number of carboxylic acids is 1. The van der Waals surface area contributed by atoms with Crippen molar-refractivity contribution in [3.05, 3.63) is 33.2 Å². The maximum Gasteiger partial charge on any atom is 0.326 e. The minimum Gasteiger partial charge on any atom is -0.480 e. The molecule has 0 aromatic carbocycles. The molecule has 1 heterocycles. The van der Waals surface area contributed by atoms with Crippen LogP contribution >= 0.6 is 15.9 Å². The summed E-state index contributed by atoms with van der Waals surface area (Å²) >= 11 is 3.15. The highest BCUT2D eigenvalue weighted by molar-refractivity contribution is 9.10. The number of carboxylic acid groups (broad SMARTS) is 1. The molecule has 0 saturated carbocycles. The average Bonchev–Trinajstić information content (AvgIpc) is 2.32. The molecule has 1 rings (SSSR count). The Morgan fingerprint density at radius 1 is 1.40 bits per heavy atom.